The number of halogens is 1. The molecule has 78 valence electrons. The van der Waals surface area contributed by atoms with Gasteiger partial charge in [0.25, 0.3) is 0 Å². The molecule has 0 aliphatic rings. The van der Waals surface area contributed by atoms with E-state index >= 15 is 0 Å². The van der Waals surface area contributed by atoms with Gasteiger partial charge < -0.3 is 21.7 Å². The number of aryl methyl sites for hydroxylation is 2. The Kier molecular flexibility index (Phi) is 10.7. The van der Waals surface area contributed by atoms with Crippen LogP contribution in [0.15, 0.2) is 24.8 Å². The zero-order chi connectivity index (χ0) is 9.68. The summed E-state index contributed by atoms with van der Waals surface area (Å²) in [6.45, 7) is 8.42. The molecule has 0 unspecified atom stereocenters. The fraction of sp³-hybridized carbons (Fsp3) is 0.333. The van der Waals surface area contributed by atoms with Crippen LogP contribution in [0.5, 0.6) is 5.75 Å². The smallest absolute Gasteiger partial charge is 1.00 e. The van der Waals surface area contributed by atoms with Gasteiger partial charge in [-0.1, -0.05) is 19.9 Å². The molecule has 1 rings (SSSR count). The summed E-state index contributed by atoms with van der Waals surface area (Å²) in [4.78, 5) is 0. The van der Waals surface area contributed by atoms with E-state index in [-0.39, 0.29) is 40.0 Å². The fourth-order valence-corrected chi connectivity index (χ4v) is 1.21. The molecule has 15 heavy (non-hydrogen) atoms. The van der Waals surface area contributed by atoms with Crippen LogP contribution in [0, 0.1) is 19.9 Å². The summed E-state index contributed by atoms with van der Waals surface area (Å²) < 4.78 is 5.62. The Bertz CT molecular complexity index is 279. The molecule has 0 amide bonds. The summed E-state index contributed by atoms with van der Waals surface area (Å²) >= 11 is 0. The normalized spacial score (nSPS) is 8.40. The Morgan fingerprint density at radius 3 is 2.33 bits per heavy atom. The van der Waals surface area contributed by atoms with Crippen LogP contribution < -0.4 is 21.7 Å². The summed E-state index contributed by atoms with van der Waals surface area (Å²) in [6, 6.07) is 6.94. The first-order chi connectivity index (χ1) is 6.25. The fourth-order valence-electron chi connectivity index (χ4n) is 1.21. The van der Waals surface area contributed by atoms with Crippen LogP contribution in [0.1, 0.15) is 17.5 Å². The average molecular weight is 279 g/mol. The molecule has 0 heterocycles. The summed E-state index contributed by atoms with van der Waals surface area (Å²) in [5.41, 5.74) is 2.29. The first kappa shape index (κ1) is 17.4. The van der Waals surface area contributed by atoms with Gasteiger partial charge in [0, 0.05) is 5.75 Å². The number of hydrogen-bond acceptors (Lipinski definition) is 1. The Morgan fingerprint density at radius 1 is 1.33 bits per heavy atom. The minimum atomic E-state index is 0. The number of benzene rings is 1. The molecule has 0 aliphatic carbocycles. The molecule has 0 N–H and O–H groups in total. The van der Waals surface area contributed by atoms with E-state index in [0.29, 0.717) is 6.61 Å². The van der Waals surface area contributed by atoms with Crippen molar-refractivity contribution in [2.75, 3.05) is 6.61 Å². The van der Waals surface area contributed by atoms with E-state index in [9.17, 15) is 0 Å². The Labute approximate surface area is 119 Å². The van der Waals surface area contributed by atoms with Crippen LogP contribution in [0.3, 0.4) is 0 Å². The van der Waals surface area contributed by atoms with E-state index in [2.05, 4.69) is 12.6 Å². The number of hydrogen-bond donors (Lipinski definition) is 0. The molecule has 0 aliphatic heterocycles. The van der Waals surface area contributed by atoms with Crippen molar-refractivity contribution >= 4 is 23.1 Å². The third-order valence-electron chi connectivity index (χ3n) is 1.88. The Hall–Kier alpha value is 0.00623. The average Bonchev–Trinajstić information content (AvgIpc) is 2.10. The van der Waals surface area contributed by atoms with Crippen LogP contribution in [-0.2, 0) is 0 Å². The van der Waals surface area contributed by atoms with Crippen molar-refractivity contribution < 1.29 is 21.7 Å². The molecule has 1 aromatic rings. The second kappa shape index (κ2) is 9.25. The molecular formula is C12H15BrMgO. The van der Waals surface area contributed by atoms with Gasteiger partial charge in [0.05, 0.1) is 6.61 Å². The van der Waals surface area contributed by atoms with E-state index < -0.39 is 0 Å². The second-order valence-electron chi connectivity index (χ2n) is 3.08. The van der Waals surface area contributed by atoms with Crippen molar-refractivity contribution in [3.05, 3.63) is 42.0 Å². The molecule has 1 nitrogen and oxygen atoms in total. The maximum atomic E-state index is 5.62. The van der Waals surface area contributed by atoms with Gasteiger partial charge in [0.15, 0.2) is 0 Å². The molecular weight excluding hydrogens is 264 g/mol. The first-order valence-electron chi connectivity index (χ1n) is 4.46. The number of rotatable bonds is 4. The molecule has 0 aromatic heterocycles. The predicted octanol–water partition coefficient (Wildman–Crippen LogP) is -0.318. The SMILES string of the molecule is C=CCCOc1c(C)c[c-]cc1C.[Br-].[Mg+2]. The molecule has 0 saturated heterocycles. The van der Waals surface area contributed by atoms with Gasteiger partial charge in [-0.3, -0.25) is 0 Å². The predicted molar refractivity (Wildman–Crippen MR) is 60.8 cm³/mol. The van der Waals surface area contributed by atoms with Crippen molar-refractivity contribution in [3.8, 4) is 5.75 Å². The zero-order valence-electron chi connectivity index (χ0n) is 9.35. The number of ether oxygens (including phenoxy) is 1. The van der Waals surface area contributed by atoms with Crippen LogP contribution in [0.4, 0.5) is 0 Å². The van der Waals surface area contributed by atoms with Crippen molar-refractivity contribution in [3.63, 3.8) is 0 Å². The second-order valence-corrected chi connectivity index (χ2v) is 3.08. The van der Waals surface area contributed by atoms with Gasteiger partial charge in [0.2, 0.25) is 0 Å². The van der Waals surface area contributed by atoms with Crippen molar-refractivity contribution in [2.45, 2.75) is 20.3 Å². The summed E-state index contributed by atoms with van der Waals surface area (Å²) in [5, 5.41) is 0. The maximum Gasteiger partial charge on any atom is 2.00 e. The standard InChI is InChI=1S/C12H15O.BrH.Mg/c1-4-5-9-13-12-10(2)7-6-8-11(12)3;;/h4,7-8H,1,5,9H2,2-3H3;1H;/q-1;;+2/p-1. The van der Waals surface area contributed by atoms with Gasteiger partial charge in [-0.2, -0.15) is 18.2 Å². The Morgan fingerprint density at radius 2 is 1.87 bits per heavy atom. The largest absolute Gasteiger partial charge is 2.00 e. The third-order valence-corrected chi connectivity index (χ3v) is 1.88. The topological polar surface area (TPSA) is 9.23 Å². The molecule has 0 fully saturated rings. The molecule has 0 atom stereocenters. The van der Waals surface area contributed by atoms with E-state index in [1.54, 1.807) is 0 Å². The van der Waals surface area contributed by atoms with Gasteiger partial charge in [-0.25, -0.2) is 0 Å². The van der Waals surface area contributed by atoms with Crippen molar-refractivity contribution in [1.82, 2.24) is 0 Å². The molecule has 0 saturated carbocycles. The third kappa shape index (κ3) is 5.59. The molecule has 0 radical (unpaired) electrons. The van der Waals surface area contributed by atoms with Crippen LogP contribution in [0.2, 0.25) is 0 Å². The van der Waals surface area contributed by atoms with Gasteiger partial charge >= 0.3 is 23.1 Å². The van der Waals surface area contributed by atoms with Crippen molar-refractivity contribution in [2.24, 2.45) is 0 Å². The minimum Gasteiger partial charge on any atom is -1.00 e. The Balaban J connectivity index is 0. The quantitative estimate of drug-likeness (QED) is 0.318. The van der Waals surface area contributed by atoms with Crippen LogP contribution >= 0.6 is 0 Å². The van der Waals surface area contributed by atoms with Gasteiger partial charge in [-0.05, 0) is 6.42 Å². The molecule has 0 bridgehead atoms. The molecule has 3 heteroatoms. The first-order valence-corrected chi connectivity index (χ1v) is 4.46. The van der Waals surface area contributed by atoms with Crippen LogP contribution in [0.25, 0.3) is 0 Å². The minimum absolute atomic E-state index is 0. The van der Waals surface area contributed by atoms with E-state index in [0.717, 1.165) is 23.3 Å². The van der Waals surface area contributed by atoms with Gasteiger partial charge in [0.1, 0.15) is 0 Å². The molecule has 0 spiro atoms. The maximum absolute atomic E-state index is 5.62. The van der Waals surface area contributed by atoms with E-state index in [4.69, 9.17) is 4.74 Å². The van der Waals surface area contributed by atoms with Crippen LogP contribution in [-0.4, -0.2) is 29.7 Å². The molecule has 1 aromatic carbocycles. The summed E-state index contributed by atoms with van der Waals surface area (Å²) in [5.74, 6) is 0.987. The van der Waals surface area contributed by atoms with Crippen molar-refractivity contribution in [1.29, 1.82) is 0 Å². The van der Waals surface area contributed by atoms with E-state index in [1.807, 2.05) is 32.1 Å². The van der Waals surface area contributed by atoms with E-state index in [1.165, 1.54) is 0 Å². The monoisotopic (exact) mass is 278 g/mol. The summed E-state index contributed by atoms with van der Waals surface area (Å²) in [6.07, 6.45) is 2.75. The zero-order valence-corrected chi connectivity index (χ0v) is 12.3. The van der Waals surface area contributed by atoms with Gasteiger partial charge in [-0.15, -0.1) is 17.7 Å². The summed E-state index contributed by atoms with van der Waals surface area (Å²) in [7, 11) is 0.